The molecule has 1 saturated heterocycles. The zero-order valence-corrected chi connectivity index (χ0v) is 17.8. The third-order valence-electron chi connectivity index (χ3n) is 5.31. The second-order valence-corrected chi connectivity index (χ2v) is 7.52. The van der Waals surface area contributed by atoms with Gasteiger partial charge in [-0.15, -0.1) is 0 Å². The number of hydrogen-bond acceptors (Lipinski definition) is 4. The number of methoxy groups -OCH3 is 1. The number of ether oxygens (including phenoxy) is 1. The Bertz CT molecular complexity index is 1050. The molecule has 4 rings (SSSR count). The third kappa shape index (κ3) is 3.57. The van der Waals surface area contributed by atoms with Gasteiger partial charge >= 0.3 is 5.97 Å². The van der Waals surface area contributed by atoms with Gasteiger partial charge in [0, 0.05) is 24.6 Å². The van der Waals surface area contributed by atoms with Crippen molar-refractivity contribution in [3.05, 3.63) is 83.9 Å². The maximum atomic E-state index is 12.4. The van der Waals surface area contributed by atoms with Crippen LogP contribution in [0.5, 0.6) is 0 Å². The Morgan fingerprint density at radius 2 is 1.97 bits per heavy atom. The molecule has 0 unspecified atom stereocenters. The highest BCUT2D eigenvalue weighted by atomic mass is 32.1. The summed E-state index contributed by atoms with van der Waals surface area (Å²) >= 11 is 5.68. The minimum absolute atomic E-state index is 0.0620. The molecular weight excluding hydrogens is 396 g/mol. The van der Waals surface area contributed by atoms with Gasteiger partial charge in [0.15, 0.2) is 5.11 Å². The summed E-state index contributed by atoms with van der Waals surface area (Å²) < 4.78 is 7.05. The van der Waals surface area contributed by atoms with Crippen molar-refractivity contribution < 1.29 is 9.53 Å². The van der Waals surface area contributed by atoms with Crippen molar-refractivity contribution in [2.45, 2.75) is 25.4 Å². The number of rotatable bonds is 6. The summed E-state index contributed by atoms with van der Waals surface area (Å²) in [5, 5.41) is 4.17. The van der Waals surface area contributed by atoms with Gasteiger partial charge in [-0.1, -0.05) is 25.1 Å². The highest BCUT2D eigenvalue weighted by molar-refractivity contribution is 7.80. The summed E-state index contributed by atoms with van der Waals surface area (Å²) in [5.41, 5.74) is 3.25. The van der Waals surface area contributed by atoms with E-state index in [0.717, 1.165) is 30.0 Å². The monoisotopic (exact) mass is 420 g/mol. The predicted molar refractivity (Wildman–Crippen MR) is 120 cm³/mol. The molecule has 1 N–H and O–H groups in total. The van der Waals surface area contributed by atoms with Gasteiger partial charge in [-0.3, -0.25) is 4.98 Å². The van der Waals surface area contributed by atoms with Gasteiger partial charge in [0.25, 0.3) is 0 Å². The molecule has 0 spiro atoms. The van der Waals surface area contributed by atoms with E-state index in [0.29, 0.717) is 10.7 Å². The first-order chi connectivity index (χ1) is 14.7. The Kier molecular flexibility index (Phi) is 5.81. The zero-order valence-electron chi connectivity index (χ0n) is 17.0. The van der Waals surface area contributed by atoms with Crippen molar-refractivity contribution in [2.75, 3.05) is 13.7 Å². The Hall–Kier alpha value is -3.19. The first-order valence-electron chi connectivity index (χ1n) is 9.98. The molecule has 0 amide bonds. The average Bonchev–Trinajstić information content (AvgIpc) is 3.38. The maximum absolute atomic E-state index is 12.4. The van der Waals surface area contributed by atoms with Crippen LogP contribution in [-0.4, -0.2) is 39.2 Å². The number of benzene rings is 1. The van der Waals surface area contributed by atoms with Crippen LogP contribution < -0.4 is 5.32 Å². The van der Waals surface area contributed by atoms with Crippen LogP contribution in [0, 0.1) is 0 Å². The van der Waals surface area contributed by atoms with Crippen molar-refractivity contribution in [2.24, 2.45) is 0 Å². The van der Waals surface area contributed by atoms with Crippen LogP contribution in [0.15, 0.2) is 67.0 Å². The number of nitrogens with one attached hydrogen (secondary N) is 1. The van der Waals surface area contributed by atoms with Gasteiger partial charge in [-0.25, -0.2) is 4.79 Å². The molecule has 154 valence electrons. The maximum Gasteiger partial charge on any atom is 0.339 e. The minimum Gasteiger partial charge on any atom is -0.465 e. The SMILES string of the molecule is CCCN1C(=S)N[C@@H](c2ccccn2)[C@H]1c1cccn1-c1ccccc1C(=O)OC. The van der Waals surface area contributed by atoms with Crippen LogP contribution in [0.2, 0.25) is 0 Å². The summed E-state index contributed by atoms with van der Waals surface area (Å²) in [5.74, 6) is -0.364. The van der Waals surface area contributed by atoms with Crippen LogP contribution in [0.4, 0.5) is 0 Å². The molecule has 1 aliphatic heterocycles. The number of carbonyl (C=O) groups is 1. The molecule has 0 saturated carbocycles. The fourth-order valence-corrected chi connectivity index (χ4v) is 4.36. The Labute approximate surface area is 181 Å². The molecule has 1 aliphatic rings. The van der Waals surface area contributed by atoms with Gasteiger partial charge in [0.1, 0.15) is 0 Å². The summed E-state index contributed by atoms with van der Waals surface area (Å²) in [6.07, 6.45) is 4.73. The number of thiocarbonyl (C=S) groups is 1. The lowest BCUT2D eigenvalue weighted by Crippen LogP contribution is -2.31. The number of pyridine rings is 1. The molecule has 2 aromatic heterocycles. The second kappa shape index (κ2) is 8.67. The summed E-state index contributed by atoms with van der Waals surface area (Å²) in [7, 11) is 1.40. The Balaban J connectivity index is 1.84. The number of para-hydroxylation sites is 1. The van der Waals surface area contributed by atoms with Gasteiger partial charge < -0.3 is 19.5 Å². The lowest BCUT2D eigenvalue weighted by Gasteiger charge is -2.29. The van der Waals surface area contributed by atoms with E-state index in [-0.39, 0.29) is 18.1 Å². The number of nitrogens with zero attached hydrogens (tertiary/aromatic N) is 3. The average molecular weight is 421 g/mol. The lowest BCUT2D eigenvalue weighted by molar-refractivity contribution is 0.0600. The van der Waals surface area contributed by atoms with Gasteiger partial charge in [0.05, 0.1) is 36.1 Å². The van der Waals surface area contributed by atoms with Crippen molar-refractivity contribution >= 4 is 23.3 Å². The van der Waals surface area contributed by atoms with E-state index in [1.807, 2.05) is 53.2 Å². The molecule has 30 heavy (non-hydrogen) atoms. The summed E-state index contributed by atoms with van der Waals surface area (Å²) in [4.78, 5) is 19.2. The first-order valence-corrected chi connectivity index (χ1v) is 10.4. The van der Waals surface area contributed by atoms with Crippen LogP contribution in [0.25, 0.3) is 5.69 Å². The van der Waals surface area contributed by atoms with Crippen molar-refractivity contribution in [3.63, 3.8) is 0 Å². The van der Waals surface area contributed by atoms with E-state index in [4.69, 9.17) is 17.0 Å². The minimum atomic E-state index is -0.364. The highest BCUT2D eigenvalue weighted by Gasteiger charge is 2.41. The standard InChI is InChI=1S/C23H24N4O2S/c1-3-14-27-21(20(25-23(27)30)17-10-6-7-13-24-17)19-12-8-15-26(19)18-11-5-4-9-16(18)22(28)29-2/h4-13,15,20-21H,3,14H2,1-2H3,(H,25,30)/t20-,21+/m0/s1. The van der Waals surface area contributed by atoms with Gasteiger partial charge in [0.2, 0.25) is 0 Å². The van der Waals surface area contributed by atoms with E-state index >= 15 is 0 Å². The molecule has 0 bridgehead atoms. The summed E-state index contributed by atoms with van der Waals surface area (Å²) in [6.45, 7) is 2.96. The van der Waals surface area contributed by atoms with Crippen molar-refractivity contribution in [1.29, 1.82) is 0 Å². The van der Waals surface area contributed by atoms with Crippen molar-refractivity contribution in [3.8, 4) is 5.69 Å². The fraction of sp³-hybridized carbons (Fsp3) is 0.261. The number of esters is 1. The molecule has 6 nitrogen and oxygen atoms in total. The van der Waals surface area contributed by atoms with Crippen LogP contribution in [-0.2, 0) is 4.74 Å². The molecule has 7 heteroatoms. The molecule has 1 fully saturated rings. The van der Waals surface area contributed by atoms with Crippen LogP contribution in [0.3, 0.4) is 0 Å². The van der Waals surface area contributed by atoms with E-state index < -0.39 is 0 Å². The van der Waals surface area contributed by atoms with E-state index in [2.05, 4.69) is 28.2 Å². The zero-order chi connectivity index (χ0) is 21.1. The van der Waals surface area contributed by atoms with Crippen molar-refractivity contribution in [1.82, 2.24) is 19.8 Å². The predicted octanol–water partition coefficient (Wildman–Crippen LogP) is 4.04. The quantitative estimate of drug-likeness (QED) is 0.480. The first kappa shape index (κ1) is 20.1. The normalized spacial score (nSPS) is 18.3. The van der Waals surface area contributed by atoms with Crippen LogP contribution >= 0.6 is 12.2 Å². The molecule has 1 aromatic carbocycles. The van der Waals surface area contributed by atoms with E-state index in [1.54, 1.807) is 12.3 Å². The largest absolute Gasteiger partial charge is 0.465 e. The number of hydrogen-bond donors (Lipinski definition) is 1. The van der Waals surface area contributed by atoms with Gasteiger partial charge in [-0.2, -0.15) is 0 Å². The van der Waals surface area contributed by atoms with Crippen LogP contribution in [0.1, 0.15) is 47.2 Å². The topological polar surface area (TPSA) is 59.4 Å². The Morgan fingerprint density at radius 1 is 1.17 bits per heavy atom. The summed E-state index contributed by atoms with van der Waals surface area (Å²) in [6, 6.07) is 17.3. The molecule has 2 atom stereocenters. The van der Waals surface area contributed by atoms with Gasteiger partial charge in [-0.05, 0) is 55.0 Å². The van der Waals surface area contributed by atoms with E-state index in [1.165, 1.54) is 7.11 Å². The molecule has 0 aliphatic carbocycles. The Morgan fingerprint density at radius 3 is 2.70 bits per heavy atom. The molecule has 3 aromatic rings. The molecular formula is C23H24N4O2S. The number of aromatic nitrogens is 2. The molecule has 0 radical (unpaired) electrons. The number of carbonyl (C=O) groups excluding carboxylic acids is 1. The second-order valence-electron chi connectivity index (χ2n) is 7.13. The van der Waals surface area contributed by atoms with E-state index in [9.17, 15) is 4.79 Å². The molecule has 3 heterocycles. The highest BCUT2D eigenvalue weighted by Crippen LogP contribution is 2.39. The third-order valence-corrected chi connectivity index (χ3v) is 5.67. The lowest BCUT2D eigenvalue weighted by atomic mass is 10.0. The smallest absolute Gasteiger partial charge is 0.339 e. The fourth-order valence-electron chi connectivity index (χ4n) is 4.03.